The number of rotatable bonds is 5. The molecule has 3 nitrogen and oxygen atoms in total. The van der Waals surface area contributed by atoms with Gasteiger partial charge >= 0.3 is 0 Å². The average molecular weight is 253 g/mol. The highest BCUT2D eigenvalue weighted by Gasteiger charge is 2.13. The zero-order valence-electron chi connectivity index (χ0n) is 10.1. The molecule has 0 aromatic heterocycles. The zero-order chi connectivity index (χ0) is 12.8. The van der Waals surface area contributed by atoms with E-state index >= 15 is 0 Å². The minimum absolute atomic E-state index is 0.0506. The molecule has 0 aliphatic heterocycles. The molecular formula is C13H17ClN2O. The Kier molecular flexibility index (Phi) is 5.27. The number of nitriles is 1. The van der Waals surface area contributed by atoms with E-state index in [1.165, 1.54) is 0 Å². The van der Waals surface area contributed by atoms with Gasteiger partial charge in [0.25, 0.3) is 0 Å². The van der Waals surface area contributed by atoms with E-state index in [0.29, 0.717) is 17.2 Å². The Bertz CT molecular complexity index is 414. The third-order valence-electron chi connectivity index (χ3n) is 2.55. The van der Waals surface area contributed by atoms with Crippen LogP contribution in [0.15, 0.2) is 18.2 Å². The molecule has 0 spiro atoms. The number of nitrogens with two attached hydrogens (primary N) is 1. The van der Waals surface area contributed by atoms with E-state index < -0.39 is 6.10 Å². The van der Waals surface area contributed by atoms with Crippen LogP contribution in [0.1, 0.15) is 25.8 Å². The van der Waals surface area contributed by atoms with Gasteiger partial charge in [-0.25, -0.2) is 0 Å². The molecule has 0 amide bonds. The van der Waals surface area contributed by atoms with Crippen molar-refractivity contribution in [3.63, 3.8) is 0 Å². The summed E-state index contributed by atoms with van der Waals surface area (Å²) in [6, 6.07) is 7.52. The van der Waals surface area contributed by atoms with E-state index in [1.54, 1.807) is 6.92 Å². The maximum Gasteiger partial charge on any atom is 0.181 e. The molecule has 0 bridgehead atoms. The van der Waals surface area contributed by atoms with E-state index in [0.717, 1.165) is 12.0 Å². The summed E-state index contributed by atoms with van der Waals surface area (Å²) in [7, 11) is 0. The molecule has 0 fully saturated rings. The lowest BCUT2D eigenvalue weighted by Crippen LogP contribution is -2.22. The van der Waals surface area contributed by atoms with Gasteiger partial charge < -0.3 is 10.5 Å². The van der Waals surface area contributed by atoms with Crippen molar-refractivity contribution in [2.75, 3.05) is 0 Å². The van der Waals surface area contributed by atoms with Gasteiger partial charge in [-0.2, -0.15) is 5.26 Å². The minimum atomic E-state index is -0.495. The van der Waals surface area contributed by atoms with Gasteiger partial charge in [-0.1, -0.05) is 24.6 Å². The van der Waals surface area contributed by atoms with Crippen molar-refractivity contribution in [2.24, 2.45) is 5.73 Å². The predicted octanol–water partition coefficient (Wildman–Crippen LogP) is 2.91. The Hall–Kier alpha value is -1.24. The Morgan fingerprint density at radius 2 is 2.24 bits per heavy atom. The zero-order valence-corrected chi connectivity index (χ0v) is 10.9. The third-order valence-corrected chi connectivity index (χ3v) is 2.91. The molecule has 0 aliphatic carbocycles. The summed E-state index contributed by atoms with van der Waals surface area (Å²) in [6.07, 6.45) is 1.03. The highest BCUT2D eigenvalue weighted by Crippen LogP contribution is 2.28. The first-order valence-electron chi connectivity index (χ1n) is 5.67. The van der Waals surface area contributed by atoms with E-state index in [2.05, 4.69) is 0 Å². The van der Waals surface area contributed by atoms with Crippen LogP contribution in [-0.4, -0.2) is 12.1 Å². The summed E-state index contributed by atoms with van der Waals surface area (Å²) >= 11 is 6.14. The lowest BCUT2D eigenvalue weighted by Gasteiger charge is -2.16. The fraction of sp³-hybridized carbons (Fsp3) is 0.462. The van der Waals surface area contributed by atoms with Gasteiger partial charge in [0.05, 0.1) is 0 Å². The van der Waals surface area contributed by atoms with Gasteiger partial charge in [-0.3, -0.25) is 0 Å². The molecule has 1 aromatic rings. The average Bonchev–Trinajstić information content (AvgIpc) is 2.33. The molecule has 0 heterocycles. The SMILES string of the molecule is CCC(N)Cc1c(Cl)cccc1OC(C)C#N. The van der Waals surface area contributed by atoms with E-state index in [-0.39, 0.29) is 6.04 Å². The highest BCUT2D eigenvalue weighted by atomic mass is 35.5. The van der Waals surface area contributed by atoms with Crippen molar-refractivity contribution in [2.45, 2.75) is 38.8 Å². The Balaban J connectivity index is 2.96. The summed E-state index contributed by atoms with van der Waals surface area (Å²) in [5.41, 5.74) is 6.81. The number of halogens is 1. The summed E-state index contributed by atoms with van der Waals surface area (Å²) in [5, 5.41) is 9.39. The number of benzene rings is 1. The topological polar surface area (TPSA) is 59.0 Å². The fourth-order valence-electron chi connectivity index (χ4n) is 1.47. The Labute approximate surface area is 107 Å². The first-order valence-corrected chi connectivity index (χ1v) is 6.05. The lowest BCUT2D eigenvalue weighted by molar-refractivity contribution is 0.273. The predicted molar refractivity (Wildman–Crippen MR) is 69.1 cm³/mol. The van der Waals surface area contributed by atoms with E-state index in [1.807, 2.05) is 31.2 Å². The maximum atomic E-state index is 8.75. The van der Waals surface area contributed by atoms with Crippen LogP contribution in [0.2, 0.25) is 5.02 Å². The van der Waals surface area contributed by atoms with Crippen molar-refractivity contribution in [3.8, 4) is 11.8 Å². The van der Waals surface area contributed by atoms with Crippen LogP contribution >= 0.6 is 11.6 Å². The molecule has 0 saturated heterocycles. The molecular weight excluding hydrogens is 236 g/mol. The number of hydrogen-bond donors (Lipinski definition) is 1. The Morgan fingerprint density at radius 3 is 2.82 bits per heavy atom. The molecule has 2 unspecified atom stereocenters. The summed E-state index contributed by atoms with van der Waals surface area (Å²) in [5.74, 6) is 0.649. The largest absolute Gasteiger partial charge is 0.476 e. The van der Waals surface area contributed by atoms with Crippen LogP contribution in [0, 0.1) is 11.3 Å². The quantitative estimate of drug-likeness (QED) is 0.877. The molecule has 2 N–H and O–H groups in total. The first-order chi connectivity index (χ1) is 8.08. The fourth-order valence-corrected chi connectivity index (χ4v) is 1.71. The van der Waals surface area contributed by atoms with Gasteiger partial charge in [0.1, 0.15) is 11.8 Å². The summed E-state index contributed by atoms with van der Waals surface area (Å²) < 4.78 is 5.52. The molecule has 4 heteroatoms. The van der Waals surface area contributed by atoms with Crippen LogP contribution in [0.3, 0.4) is 0 Å². The maximum absolute atomic E-state index is 8.75. The van der Waals surface area contributed by atoms with Crippen LogP contribution in [0.4, 0.5) is 0 Å². The van der Waals surface area contributed by atoms with Crippen molar-refractivity contribution in [3.05, 3.63) is 28.8 Å². The normalized spacial score (nSPS) is 13.8. The van der Waals surface area contributed by atoms with Crippen molar-refractivity contribution in [1.82, 2.24) is 0 Å². The second kappa shape index (κ2) is 6.48. The summed E-state index contributed by atoms with van der Waals surface area (Å²) in [6.45, 7) is 3.73. The van der Waals surface area contributed by atoms with Gasteiger partial charge in [-0.15, -0.1) is 0 Å². The molecule has 0 radical (unpaired) electrons. The van der Waals surface area contributed by atoms with Crippen LogP contribution in [-0.2, 0) is 6.42 Å². The van der Waals surface area contributed by atoms with Gasteiger partial charge in [0.15, 0.2) is 6.10 Å². The first kappa shape index (κ1) is 13.8. The molecule has 1 aromatic carbocycles. The van der Waals surface area contributed by atoms with Crippen molar-refractivity contribution >= 4 is 11.6 Å². The van der Waals surface area contributed by atoms with Gasteiger partial charge in [0, 0.05) is 16.6 Å². The molecule has 17 heavy (non-hydrogen) atoms. The van der Waals surface area contributed by atoms with Gasteiger partial charge in [-0.05, 0) is 31.9 Å². The monoisotopic (exact) mass is 252 g/mol. The van der Waals surface area contributed by atoms with E-state index in [9.17, 15) is 0 Å². The second-order valence-corrected chi connectivity index (χ2v) is 4.39. The van der Waals surface area contributed by atoms with Gasteiger partial charge in [0.2, 0.25) is 0 Å². The highest BCUT2D eigenvalue weighted by molar-refractivity contribution is 6.31. The third kappa shape index (κ3) is 3.92. The standard InChI is InChI=1S/C13H17ClN2O/c1-3-10(16)7-11-12(14)5-4-6-13(11)17-9(2)8-15/h4-6,9-10H,3,7,16H2,1-2H3. The molecule has 2 atom stereocenters. The minimum Gasteiger partial charge on any atom is -0.476 e. The second-order valence-electron chi connectivity index (χ2n) is 3.98. The molecule has 0 saturated carbocycles. The molecule has 0 aliphatic rings. The van der Waals surface area contributed by atoms with Crippen LogP contribution in [0.25, 0.3) is 0 Å². The number of nitrogens with zero attached hydrogens (tertiary/aromatic N) is 1. The number of ether oxygens (including phenoxy) is 1. The lowest BCUT2D eigenvalue weighted by atomic mass is 10.0. The van der Waals surface area contributed by atoms with E-state index in [4.69, 9.17) is 27.3 Å². The smallest absolute Gasteiger partial charge is 0.181 e. The number of hydrogen-bond acceptors (Lipinski definition) is 3. The Morgan fingerprint density at radius 1 is 1.53 bits per heavy atom. The molecule has 92 valence electrons. The summed E-state index contributed by atoms with van der Waals surface area (Å²) in [4.78, 5) is 0. The van der Waals surface area contributed by atoms with Crippen LogP contribution < -0.4 is 10.5 Å². The van der Waals surface area contributed by atoms with Crippen molar-refractivity contribution in [1.29, 1.82) is 5.26 Å². The molecule has 1 rings (SSSR count). The van der Waals surface area contributed by atoms with Crippen LogP contribution in [0.5, 0.6) is 5.75 Å². The van der Waals surface area contributed by atoms with Crippen molar-refractivity contribution < 1.29 is 4.74 Å².